The van der Waals surface area contributed by atoms with Crippen molar-refractivity contribution in [3.63, 3.8) is 0 Å². The molecule has 2 saturated heterocycles. The van der Waals surface area contributed by atoms with Gasteiger partial charge >= 0.3 is 0 Å². The first kappa shape index (κ1) is 25.0. The van der Waals surface area contributed by atoms with Gasteiger partial charge < -0.3 is 14.7 Å². The number of hydrogen-bond donors (Lipinski definition) is 0. The van der Waals surface area contributed by atoms with E-state index in [0.717, 1.165) is 43.0 Å². The number of pyridine rings is 1. The maximum atomic E-state index is 13.6. The van der Waals surface area contributed by atoms with Gasteiger partial charge in [0.2, 0.25) is 5.91 Å². The highest BCUT2D eigenvalue weighted by Gasteiger charge is 2.54. The Balaban J connectivity index is 1.34. The predicted molar refractivity (Wildman–Crippen MR) is 143 cm³/mol. The summed E-state index contributed by atoms with van der Waals surface area (Å²) in [6.45, 7) is 7.41. The monoisotopic (exact) mass is 535 g/mol. The predicted octanol–water partition coefficient (Wildman–Crippen LogP) is 2.71. The molecule has 0 radical (unpaired) electrons. The van der Waals surface area contributed by atoms with Crippen LogP contribution >= 0.6 is 0 Å². The fraction of sp³-hybridized carbons (Fsp3) is 0.593. The third-order valence-corrected chi connectivity index (χ3v) is 11.8. The van der Waals surface area contributed by atoms with Gasteiger partial charge in [0.25, 0.3) is 0 Å². The van der Waals surface area contributed by atoms with Gasteiger partial charge in [0.15, 0.2) is 9.84 Å². The minimum absolute atomic E-state index is 0.0481. The Morgan fingerprint density at radius 3 is 2.50 bits per heavy atom. The first-order valence-corrected chi connectivity index (χ1v) is 15.0. The molecule has 11 heteroatoms. The number of sulfone groups is 1. The molecular weight excluding hydrogens is 502 g/mol. The molecule has 1 spiro atoms. The summed E-state index contributed by atoms with van der Waals surface area (Å²) in [5.41, 5.74) is 1.61. The summed E-state index contributed by atoms with van der Waals surface area (Å²) in [5.74, 6) is 2.24. The summed E-state index contributed by atoms with van der Waals surface area (Å²) >= 11 is 0. The normalized spacial score (nSPS) is 29.2. The molecule has 10 nitrogen and oxygen atoms in total. The molecule has 6 rings (SSSR count). The number of nitrogens with zero attached hydrogens (tertiary/aromatic N) is 7. The molecule has 3 aliphatic heterocycles. The number of aromatic nitrogens is 3. The van der Waals surface area contributed by atoms with E-state index in [9.17, 15) is 18.5 Å². The fourth-order valence-corrected chi connectivity index (χ4v) is 8.60. The number of nitriles is 1. The molecule has 1 unspecified atom stereocenters. The Hall–Kier alpha value is -3.26. The lowest BCUT2D eigenvalue weighted by atomic mass is 9.66. The molecule has 3 atom stereocenters. The summed E-state index contributed by atoms with van der Waals surface area (Å²) in [6.07, 6.45) is 7.37. The molecule has 3 fully saturated rings. The van der Waals surface area contributed by atoms with Gasteiger partial charge in [0, 0.05) is 48.9 Å². The van der Waals surface area contributed by atoms with Gasteiger partial charge in [-0.05, 0) is 58.6 Å². The molecule has 200 valence electrons. The maximum absolute atomic E-state index is 13.6. The lowest BCUT2D eigenvalue weighted by molar-refractivity contribution is -0.136. The number of carbonyl (C=O) groups is 1. The van der Waals surface area contributed by atoms with Crippen LogP contribution in [0.2, 0.25) is 0 Å². The van der Waals surface area contributed by atoms with E-state index in [2.05, 4.69) is 27.8 Å². The van der Waals surface area contributed by atoms with Crippen molar-refractivity contribution < 1.29 is 13.2 Å². The Labute approximate surface area is 223 Å². The van der Waals surface area contributed by atoms with Crippen LogP contribution in [0.1, 0.15) is 64.0 Å². The second-order valence-corrected chi connectivity index (χ2v) is 14.1. The first-order chi connectivity index (χ1) is 18.1. The largest absolute Gasteiger partial charge is 0.350 e. The first-order valence-electron chi connectivity index (χ1n) is 13.4. The van der Waals surface area contributed by atoms with Crippen LogP contribution in [0.15, 0.2) is 24.7 Å². The van der Waals surface area contributed by atoms with E-state index in [1.165, 1.54) is 0 Å². The molecular formula is C27H33N7O3S. The lowest BCUT2D eigenvalue weighted by Crippen LogP contribution is -2.63. The second kappa shape index (κ2) is 8.63. The van der Waals surface area contributed by atoms with Gasteiger partial charge in [-0.15, -0.1) is 0 Å². The third-order valence-electron chi connectivity index (χ3n) is 9.24. The number of rotatable bonds is 3. The van der Waals surface area contributed by atoms with E-state index in [1.807, 2.05) is 6.92 Å². The quantitative estimate of drug-likeness (QED) is 0.583. The summed E-state index contributed by atoms with van der Waals surface area (Å²) in [6, 6.07) is 5.49. The number of fused-ring (bicyclic) bond motifs is 2. The third kappa shape index (κ3) is 3.52. The number of amides is 1. The molecule has 2 aromatic heterocycles. The van der Waals surface area contributed by atoms with Crippen LogP contribution in [-0.2, 0) is 20.0 Å². The lowest BCUT2D eigenvalue weighted by Gasteiger charge is -2.48. The minimum atomic E-state index is -3.46. The Morgan fingerprint density at radius 2 is 1.84 bits per heavy atom. The molecule has 1 aliphatic carbocycles. The second-order valence-electron chi connectivity index (χ2n) is 11.6. The van der Waals surface area contributed by atoms with Crippen molar-refractivity contribution in [2.75, 3.05) is 35.2 Å². The number of piperazine rings is 1. The summed E-state index contributed by atoms with van der Waals surface area (Å²) < 4.78 is 24.2. The van der Waals surface area contributed by atoms with Gasteiger partial charge in [-0.25, -0.2) is 23.4 Å². The molecule has 0 N–H and O–H groups in total. The standard InChI is InChI=1S/C27H33N7O3S/c1-18-15-33(25(35)26(3)7-5-11-38(26,36)37)19(2)14-32(18)23-22-24(31-17-30-23)34(16-27(22)8-4-9-27)21-12-20(13-28)6-10-29-21/h6,10,12,17-19H,4-5,7-9,11,14-16H2,1-3H3/t18-,19+,26?/m0/s1. The Morgan fingerprint density at radius 1 is 1.08 bits per heavy atom. The van der Waals surface area contributed by atoms with Gasteiger partial charge in [0.05, 0.1) is 17.4 Å². The van der Waals surface area contributed by atoms with E-state index < -0.39 is 14.6 Å². The summed E-state index contributed by atoms with van der Waals surface area (Å²) in [5, 5.41) is 9.41. The van der Waals surface area contributed by atoms with Crippen LogP contribution in [0.3, 0.4) is 0 Å². The SMILES string of the molecule is C[C@@H]1CN(c2ncnc3c2C2(CCC2)CN3c2cc(C#N)ccn2)[C@@H](C)CN1C(=O)C1(C)CCCS1(=O)=O. The average Bonchev–Trinajstić information content (AvgIpc) is 3.39. The molecule has 5 heterocycles. The minimum Gasteiger partial charge on any atom is -0.350 e. The van der Waals surface area contributed by atoms with Crippen molar-refractivity contribution in [3.8, 4) is 6.07 Å². The van der Waals surface area contributed by atoms with Gasteiger partial charge in [0.1, 0.15) is 28.5 Å². The summed E-state index contributed by atoms with van der Waals surface area (Å²) in [7, 11) is -3.46. The topological polar surface area (TPSA) is 123 Å². The van der Waals surface area contributed by atoms with Crippen LogP contribution in [0.25, 0.3) is 0 Å². The van der Waals surface area contributed by atoms with E-state index in [4.69, 9.17) is 9.97 Å². The van der Waals surface area contributed by atoms with Crippen molar-refractivity contribution in [2.45, 2.75) is 75.1 Å². The van der Waals surface area contributed by atoms with E-state index in [1.54, 1.807) is 36.5 Å². The average molecular weight is 536 g/mol. The summed E-state index contributed by atoms with van der Waals surface area (Å²) in [4.78, 5) is 33.8. The molecule has 38 heavy (non-hydrogen) atoms. The van der Waals surface area contributed by atoms with Crippen molar-refractivity contribution in [3.05, 3.63) is 35.8 Å². The van der Waals surface area contributed by atoms with E-state index >= 15 is 0 Å². The van der Waals surface area contributed by atoms with Crippen LogP contribution in [0, 0.1) is 11.3 Å². The highest BCUT2D eigenvalue weighted by atomic mass is 32.2. The van der Waals surface area contributed by atoms with Crippen LogP contribution < -0.4 is 9.80 Å². The highest BCUT2D eigenvalue weighted by Crippen LogP contribution is 2.56. The smallest absolute Gasteiger partial charge is 0.244 e. The maximum Gasteiger partial charge on any atom is 0.244 e. The van der Waals surface area contributed by atoms with Gasteiger partial charge in [-0.2, -0.15) is 5.26 Å². The Kier molecular flexibility index (Phi) is 5.69. The molecule has 1 amide bonds. The van der Waals surface area contributed by atoms with Crippen molar-refractivity contribution in [2.24, 2.45) is 0 Å². The van der Waals surface area contributed by atoms with Gasteiger partial charge in [-0.3, -0.25) is 4.79 Å². The van der Waals surface area contributed by atoms with Crippen LogP contribution in [0.5, 0.6) is 0 Å². The zero-order chi connectivity index (χ0) is 26.9. The Bertz CT molecular complexity index is 1450. The molecule has 4 aliphatic rings. The zero-order valence-corrected chi connectivity index (χ0v) is 22.9. The van der Waals surface area contributed by atoms with Crippen molar-refractivity contribution >= 4 is 33.2 Å². The zero-order valence-electron chi connectivity index (χ0n) is 22.1. The number of anilines is 3. The van der Waals surface area contributed by atoms with Crippen molar-refractivity contribution in [1.82, 2.24) is 19.9 Å². The number of carbonyl (C=O) groups excluding carboxylic acids is 1. The number of hydrogen-bond acceptors (Lipinski definition) is 9. The molecule has 2 aromatic rings. The van der Waals surface area contributed by atoms with Gasteiger partial charge in [-0.1, -0.05) is 6.42 Å². The van der Waals surface area contributed by atoms with E-state index in [0.29, 0.717) is 37.3 Å². The van der Waals surface area contributed by atoms with E-state index in [-0.39, 0.29) is 29.2 Å². The molecule has 0 aromatic carbocycles. The molecule has 1 saturated carbocycles. The highest BCUT2D eigenvalue weighted by molar-refractivity contribution is 7.93. The molecule has 0 bridgehead atoms. The van der Waals surface area contributed by atoms with Crippen LogP contribution in [-0.4, -0.2) is 76.4 Å². The fourth-order valence-electron chi connectivity index (χ4n) is 6.79. The van der Waals surface area contributed by atoms with Crippen molar-refractivity contribution in [1.29, 1.82) is 5.26 Å². The van der Waals surface area contributed by atoms with Crippen LogP contribution in [0.4, 0.5) is 17.5 Å².